The summed E-state index contributed by atoms with van der Waals surface area (Å²) in [5, 5.41) is 31.8. The lowest BCUT2D eigenvalue weighted by atomic mass is 10.1. The van der Waals surface area contributed by atoms with E-state index in [0.29, 0.717) is 18.6 Å². The van der Waals surface area contributed by atoms with Gasteiger partial charge in [-0.1, -0.05) is 56.9 Å². The molecule has 1 saturated heterocycles. The normalized spacial score (nSPS) is 17.0. The van der Waals surface area contributed by atoms with E-state index in [1.165, 1.54) is 40.2 Å². The number of nitrogens with one attached hydrogen (secondary N) is 1. The van der Waals surface area contributed by atoms with Gasteiger partial charge in [-0.25, -0.2) is 14.6 Å². The van der Waals surface area contributed by atoms with Crippen LogP contribution in [-0.2, 0) is 9.59 Å². The zero-order chi connectivity index (χ0) is 30.2. The van der Waals surface area contributed by atoms with Gasteiger partial charge in [-0.2, -0.15) is 0 Å². The van der Waals surface area contributed by atoms with E-state index in [-0.39, 0.29) is 24.3 Å². The number of phenols is 1. The molecule has 1 unspecified atom stereocenters. The number of aliphatic carboxylic acids is 1. The first-order valence-corrected chi connectivity index (χ1v) is 13.8. The highest BCUT2D eigenvalue weighted by Gasteiger charge is 2.43. The van der Waals surface area contributed by atoms with Crippen LogP contribution in [0.25, 0.3) is 0 Å². The first kappa shape index (κ1) is 30.1. The number of likely N-dealkylation sites (tertiary alicyclic amines) is 1. The van der Waals surface area contributed by atoms with Crippen molar-refractivity contribution in [2.75, 3.05) is 11.9 Å². The molecule has 0 radical (unpaired) electrons. The molecular weight excluding hydrogens is 544 g/mol. The summed E-state index contributed by atoms with van der Waals surface area (Å²) >= 11 is 0. The Morgan fingerprint density at radius 1 is 1.05 bits per heavy atom. The quantitative estimate of drug-likeness (QED) is 0.217. The van der Waals surface area contributed by atoms with Crippen molar-refractivity contribution in [2.45, 2.75) is 63.6 Å². The number of carbonyl (C=O) groups is 4. The van der Waals surface area contributed by atoms with Crippen molar-refractivity contribution in [3.8, 4) is 11.5 Å². The lowest BCUT2D eigenvalue weighted by molar-refractivity contribution is -0.149. The number of amides is 2. The largest absolute Gasteiger partial charge is 0.507 e. The van der Waals surface area contributed by atoms with E-state index in [1.54, 1.807) is 12.1 Å². The number of imidazole rings is 1. The smallest absolute Gasteiger partial charge is 0.340 e. The van der Waals surface area contributed by atoms with Crippen LogP contribution in [0.3, 0.4) is 0 Å². The maximum Gasteiger partial charge on any atom is 0.340 e. The molecule has 12 nitrogen and oxygen atoms in total. The zero-order valence-electron chi connectivity index (χ0n) is 23.2. The first-order chi connectivity index (χ1) is 20.2. The van der Waals surface area contributed by atoms with Crippen LogP contribution >= 0.6 is 0 Å². The van der Waals surface area contributed by atoms with Gasteiger partial charge < -0.3 is 34.8 Å². The molecule has 0 saturated carbocycles. The maximum atomic E-state index is 13.9. The number of carbonyl (C=O) groups excluding carboxylic acids is 2. The second-order valence-corrected chi connectivity index (χ2v) is 10.2. The average Bonchev–Trinajstić information content (AvgIpc) is 3.60. The van der Waals surface area contributed by atoms with Crippen molar-refractivity contribution >= 4 is 29.6 Å². The minimum Gasteiger partial charge on any atom is -0.507 e. The van der Waals surface area contributed by atoms with Crippen molar-refractivity contribution in [1.29, 1.82) is 0 Å². The molecule has 2 amide bonds. The average molecular weight is 579 g/mol. The summed E-state index contributed by atoms with van der Waals surface area (Å²) in [7, 11) is 0. The summed E-state index contributed by atoms with van der Waals surface area (Å²) < 4.78 is 7.51. The highest BCUT2D eigenvalue weighted by molar-refractivity contribution is 6.11. The Hall–Kier alpha value is -4.87. The third-order valence-electron chi connectivity index (χ3n) is 7.20. The van der Waals surface area contributed by atoms with Crippen LogP contribution in [0.2, 0.25) is 0 Å². The number of benzene rings is 2. The zero-order valence-corrected chi connectivity index (χ0v) is 23.2. The number of carboxylic acid groups (broad SMARTS) is 2. The van der Waals surface area contributed by atoms with Crippen molar-refractivity contribution < 1.29 is 39.2 Å². The molecule has 1 aliphatic rings. The molecule has 0 aliphatic carbocycles. The standard InChI is InChI=1S/C30H34N4O8/c1-2-3-4-8-13-22(28(37)34-16-20(15-23(34)29(38)39)42-19-10-6-5-7-11-19)33-17-25(31-18-33)32-27(36)21-12-9-14-24(35)26(21)30(40)41/h5-7,9-12,14,17-18,20,22-23,35H,2-4,8,13,15-16H2,1H3,(H,32,36)(H,38,39)(H,40,41)/t20-,22?,23-/m0/s1. The summed E-state index contributed by atoms with van der Waals surface area (Å²) in [6, 6.07) is 11.0. The Morgan fingerprint density at radius 2 is 1.81 bits per heavy atom. The Labute approximate surface area is 242 Å². The number of rotatable bonds is 13. The maximum absolute atomic E-state index is 13.9. The number of aromatic nitrogens is 2. The monoisotopic (exact) mass is 578 g/mol. The van der Waals surface area contributed by atoms with E-state index in [0.717, 1.165) is 19.3 Å². The summed E-state index contributed by atoms with van der Waals surface area (Å²) in [5.41, 5.74) is -0.797. The fourth-order valence-corrected chi connectivity index (χ4v) is 5.12. The van der Waals surface area contributed by atoms with Gasteiger partial charge in [-0.15, -0.1) is 0 Å². The van der Waals surface area contributed by atoms with E-state index in [2.05, 4.69) is 17.2 Å². The van der Waals surface area contributed by atoms with E-state index >= 15 is 0 Å². The van der Waals surface area contributed by atoms with Crippen LogP contribution < -0.4 is 10.1 Å². The van der Waals surface area contributed by atoms with Gasteiger partial charge in [0, 0.05) is 12.6 Å². The molecule has 3 atom stereocenters. The van der Waals surface area contributed by atoms with Gasteiger partial charge in [0.2, 0.25) is 5.91 Å². The predicted octanol–water partition coefficient (Wildman–Crippen LogP) is 4.18. The Balaban J connectivity index is 1.55. The molecule has 4 rings (SSSR count). The first-order valence-electron chi connectivity index (χ1n) is 13.8. The Morgan fingerprint density at radius 3 is 2.50 bits per heavy atom. The van der Waals surface area contributed by atoms with E-state index in [1.807, 2.05) is 18.2 Å². The molecule has 222 valence electrons. The molecule has 42 heavy (non-hydrogen) atoms. The molecule has 0 spiro atoms. The highest BCUT2D eigenvalue weighted by Crippen LogP contribution is 2.29. The van der Waals surface area contributed by atoms with Crippen molar-refractivity contribution in [3.63, 3.8) is 0 Å². The van der Waals surface area contributed by atoms with Crippen LogP contribution in [0.5, 0.6) is 11.5 Å². The summed E-state index contributed by atoms with van der Waals surface area (Å²) in [4.78, 5) is 56.1. The predicted molar refractivity (Wildman–Crippen MR) is 152 cm³/mol. The molecule has 12 heteroatoms. The van der Waals surface area contributed by atoms with Gasteiger partial charge >= 0.3 is 11.9 Å². The van der Waals surface area contributed by atoms with Crippen molar-refractivity contribution in [3.05, 3.63) is 72.2 Å². The lowest BCUT2D eigenvalue weighted by Gasteiger charge is -2.27. The topological polar surface area (TPSA) is 171 Å². The second kappa shape index (κ2) is 13.7. The van der Waals surface area contributed by atoms with Gasteiger partial charge in [-0.05, 0) is 30.7 Å². The van der Waals surface area contributed by atoms with E-state index < -0.39 is 53.3 Å². The SMILES string of the molecule is CCCCCCC(C(=O)N1C[C@@H](Oc2ccccc2)C[C@H]1C(=O)O)n1cnc(NC(=O)c2cccc(O)c2C(=O)O)c1. The van der Waals surface area contributed by atoms with E-state index in [4.69, 9.17) is 4.74 Å². The molecule has 1 aliphatic heterocycles. The summed E-state index contributed by atoms with van der Waals surface area (Å²) in [5.74, 6) is -3.68. The molecule has 2 heterocycles. The van der Waals surface area contributed by atoms with Crippen LogP contribution in [0, 0.1) is 0 Å². The Bertz CT molecular complexity index is 1420. The van der Waals surface area contributed by atoms with Gasteiger partial charge in [0.15, 0.2) is 5.82 Å². The number of aromatic hydroxyl groups is 1. The fraction of sp³-hybridized carbons (Fsp3) is 0.367. The number of anilines is 1. The van der Waals surface area contributed by atoms with Crippen LogP contribution in [-0.4, -0.2) is 72.2 Å². The van der Waals surface area contributed by atoms with Gasteiger partial charge in [0.1, 0.15) is 35.3 Å². The second-order valence-electron chi connectivity index (χ2n) is 10.2. The molecule has 1 aromatic heterocycles. The minimum absolute atomic E-state index is 0.0625. The number of unbranched alkanes of at least 4 members (excludes halogenated alkanes) is 3. The van der Waals surface area contributed by atoms with Crippen LogP contribution in [0.15, 0.2) is 61.1 Å². The molecule has 2 aromatic carbocycles. The summed E-state index contributed by atoms with van der Waals surface area (Å²) in [6.07, 6.45) is 6.47. The van der Waals surface area contributed by atoms with Crippen molar-refractivity contribution in [1.82, 2.24) is 14.5 Å². The Kier molecular flexibility index (Phi) is 9.79. The lowest BCUT2D eigenvalue weighted by Crippen LogP contribution is -2.44. The number of para-hydroxylation sites is 1. The molecule has 4 N–H and O–H groups in total. The van der Waals surface area contributed by atoms with Gasteiger partial charge in [0.05, 0.1) is 18.4 Å². The van der Waals surface area contributed by atoms with E-state index in [9.17, 15) is 34.5 Å². The summed E-state index contributed by atoms with van der Waals surface area (Å²) in [6.45, 7) is 2.17. The van der Waals surface area contributed by atoms with Crippen LogP contribution in [0.4, 0.5) is 5.82 Å². The van der Waals surface area contributed by atoms with Crippen LogP contribution in [0.1, 0.15) is 72.2 Å². The fourth-order valence-electron chi connectivity index (χ4n) is 5.12. The highest BCUT2D eigenvalue weighted by atomic mass is 16.5. The van der Waals surface area contributed by atoms with Gasteiger partial charge in [-0.3, -0.25) is 9.59 Å². The van der Waals surface area contributed by atoms with Gasteiger partial charge in [0.25, 0.3) is 5.91 Å². The molecule has 1 fully saturated rings. The molecule has 0 bridgehead atoms. The third-order valence-corrected chi connectivity index (χ3v) is 7.20. The number of nitrogens with zero attached hydrogens (tertiary/aromatic N) is 3. The number of carboxylic acids is 2. The number of hydrogen-bond donors (Lipinski definition) is 4. The number of aromatic carboxylic acids is 1. The molecular formula is C30H34N4O8. The number of ether oxygens (including phenoxy) is 1. The third kappa shape index (κ3) is 7.06. The minimum atomic E-state index is -1.46. The number of hydrogen-bond acceptors (Lipinski definition) is 7. The van der Waals surface area contributed by atoms with Crippen molar-refractivity contribution in [2.24, 2.45) is 0 Å². The molecule has 3 aromatic rings.